The van der Waals surface area contributed by atoms with Gasteiger partial charge >= 0.3 is 0 Å². The lowest BCUT2D eigenvalue weighted by molar-refractivity contribution is -0.117. The fourth-order valence-corrected chi connectivity index (χ4v) is 4.38. The van der Waals surface area contributed by atoms with Gasteiger partial charge in [0.25, 0.3) is 0 Å². The maximum Gasteiger partial charge on any atom is 0.244 e. The predicted octanol–water partition coefficient (Wildman–Crippen LogP) is 4.36. The van der Waals surface area contributed by atoms with Crippen LogP contribution in [0.2, 0.25) is 0 Å². The number of nitrogens with zero attached hydrogens (tertiary/aromatic N) is 1. The molecule has 0 aromatic heterocycles. The van der Waals surface area contributed by atoms with E-state index >= 15 is 0 Å². The van der Waals surface area contributed by atoms with E-state index in [9.17, 15) is 4.79 Å². The lowest BCUT2D eigenvalue weighted by Gasteiger charge is -2.12. The average Bonchev–Trinajstić information content (AvgIpc) is 3.16. The Morgan fingerprint density at radius 1 is 1.34 bits per heavy atom. The normalized spacial score (nSPS) is 14.8. The smallest absolute Gasteiger partial charge is 0.244 e. The summed E-state index contributed by atoms with van der Waals surface area (Å²) in [7, 11) is 1.00. The van der Waals surface area contributed by atoms with Crippen LogP contribution >= 0.6 is 28.4 Å². The van der Waals surface area contributed by atoms with Crippen LogP contribution in [-0.2, 0) is 11.2 Å². The van der Waals surface area contributed by atoms with Crippen molar-refractivity contribution in [3.63, 3.8) is 0 Å². The van der Waals surface area contributed by atoms with E-state index in [2.05, 4.69) is 44.6 Å². The predicted molar refractivity (Wildman–Crippen MR) is 128 cm³/mol. The van der Waals surface area contributed by atoms with Gasteiger partial charge < -0.3 is 15.5 Å². The van der Waals surface area contributed by atoms with Crippen molar-refractivity contribution in [2.45, 2.75) is 18.9 Å². The first-order chi connectivity index (χ1) is 14.1. The molecule has 0 radical (unpaired) electrons. The molecule has 0 saturated carbocycles. The quantitative estimate of drug-likeness (QED) is 0.197. The van der Waals surface area contributed by atoms with Gasteiger partial charge in [0.2, 0.25) is 5.91 Å². The molecular formula is C21H22IN4O2P. The monoisotopic (exact) mass is 520 g/mol. The van der Waals surface area contributed by atoms with Gasteiger partial charge in [-0.1, -0.05) is 30.3 Å². The van der Waals surface area contributed by atoms with Crippen LogP contribution in [0.3, 0.4) is 0 Å². The standard InChI is InChI=1S/C20H18IN4OP.CH4O/c21-27-25-19-11-13(5-8-16(19)17(23)12-22)6-10-20(26)24-18-9-7-14-3-1-2-4-15(14)18;1-2/h1-6,8,10-11,18,23,25,27H,7,9H2,(H,24,26);2H,1H3/b10-6+,23-17?;. The molecule has 1 amide bonds. The number of hydrogen-bond donors (Lipinski definition) is 4. The third kappa shape index (κ3) is 6.10. The van der Waals surface area contributed by atoms with Gasteiger partial charge in [-0.15, -0.1) is 0 Å². The number of anilines is 1. The molecule has 2 aromatic carbocycles. The average molecular weight is 520 g/mol. The number of carbonyl (C=O) groups excluding carboxylic acids is 1. The highest BCUT2D eigenvalue weighted by atomic mass is 127. The minimum absolute atomic E-state index is 0.0641. The van der Waals surface area contributed by atoms with Gasteiger partial charge in [-0.25, -0.2) is 0 Å². The molecule has 0 aliphatic heterocycles. The van der Waals surface area contributed by atoms with Gasteiger partial charge in [0.1, 0.15) is 11.8 Å². The molecule has 2 atom stereocenters. The largest absolute Gasteiger partial charge is 0.400 e. The number of carbonyl (C=O) groups is 1. The molecule has 150 valence electrons. The maximum atomic E-state index is 12.3. The molecule has 8 heteroatoms. The van der Waals surface area contributed by atoms with E-state index in [1.54, 1.807) is 18.2 Å². The van der Waals surface area contributed by atoms with Crippen LogP contribution in [0, 0.1) is 16.7 Å². The molecule has 0 fully saturated rings. The van der Waals surface area contributed by atoms with Crippen molar-refractivity contribution in [1.82, 2.24) is 5.32 Å². The number of amides is 1. The van der Waals surface area contributed by atoms with Gasteiger partial charge in [0.05, 0.1) is 6.04 Å². The van der Waals surface area contributed by atoms with Gasteiger partial charge in [-0.2, -0.15) is 5.26 Å². The lowest BCUT2D eigenvalue weighted by atomic mass is 10.1. The number of halogens is 1. The molecule has 0 spiro atoms. The zero-order valence-electron chi connectivity index (χ0n) is 15.9. The molecule has 2 aromatic rings. The Labute approximate surface area is 185 Å². The fraction of sp³-hybridized carbons (Fsp3) is 0.190. The van der Waals surface area contributed by atoms with Crippen LogP contribution in [0.1, 0.15) is 34.7 Å². The SMILES string of the molecule is CO.N#CC(=N)c1ccc(/C=C/C(=O)NC2CCc3ccccc32)cc1NPI. The van der Waals surface area contributed by atoms with Crippen molar-refractivity contribution in [3.8, 4) is 6.07 Å². The Kier molecular flexibility index (Phi) is 9.26. The van der Waals surface area contributed by atoms with Gasteiger partial charge in [-0.05, 0) is 69.8 Å². The zero-order valence-corrected chi connectivity index (χ0v) is 19.0. The second-order valence-electron chi connectivity index (χ2n) is 6.14. The first-order valence-electron chi connectivity index (χ1n) is 8.88. The van der Waals surface area contributed by atoms with Gasteiger partial charge in [0.15, 0.2) is 0 Å². The molecular weight excluding hydrogens is 498 g/mol. The number of nitrogens with one attached hydrogen (secondary N) is 3. The summed E-state index contributed by atoms with van der Waals surface area (Å²) in [6.07, 6.45) is 5.61. The molecule has 1 aliphatic rings. The molecule has 0 saturated heterocycles. The number of nitriles is 1. The Morgan fingerprint density at radius 2 is 2.10 bits per heavy atom. The van der Waals surface area contributed by atoms with Crippen LogP contribution in [-0.4, -0.2) is 23.8 Å². The summed E-state index contributed by atoms with van der Waals surface area (Å²) in [5.41, 5.74) is 4.54. The number of aliphatic hydroxyl groups is 1. The van der Waals surface area contributed by atoms with Gasteiger partial charge in [0, 0.05) is 30.8 Å². The van der Waals surface area contributed by atoms with Crippen molar-refractivity contribution in [2.75, 3.05) is 12.2 Å². The molecule has 2 unspecified atom stereocenters. The van der Waals surface area contributed by atoms with E-state index in [0.717, 1.165) is 31.2 Å². The molecule has 29 heavy (non-hydrogen) atoms. The Bertz CT molecular complexity index is 956. The van der Waals surface area contributed by atoms with Crippen LogP contribution in [0.4, 0.5) is 5.69 Å². The third-order valence-electron chi connectivity index (χ3n) is 4.48. The first kappa shape index (κ1) is 23.0. The Balaban J connectivity index is 0.00000145. The zero-order chi connectivity index (χ0) is 21.2. The summed E-state index contributed by atoms with van der Waals surface area (Å²) in [5, 5.41) is 29.9. The summed E-state index contributed by atoms with van der Waals surface area (Å²) >= 11 is 2.20. The van der Waals surface area contributed by atoms with Crippen molar-refractivity contribution in [3.05, 3.63) is 70.8 Å². The summed E-state index contributed by atoms with van der Waals surface area (Å²) in [6.45, 7) is 0. The summed E-state index contributed by atoms with van der Waals surface area (Å²) in [4.78, 5) is 12.3. The first-order valence-corrected chi connectivity index (χ1v) is 13.0. The molecule has 1 aliphatic carbocycles. The minimum Gasteiger partial charge on any atom is -0.400 e. The second-order valence-corrected chi connectivity index (χ2v) is 8.20. The highest BCUT2D eigenvalue weighted by Crippen LogP contribution is 2.31. The summed E-state index contributed by atoms with van der Waals surface area (Å²) < 4.78 is 0. The number of hydrogen-bond acceptors (Lipinski definition) is 5. The van der Waals surface area contributed by atoms with E-state index in [-0.39, 0.29) is 17.7 Å². The highest BCUT2D eigenvalue weighted by Gasteiger charge is 2.22. The van der Waals surface area contributed by atoms with Crippen LogP contribution < -0.4 is 10.4 Å². The molecule has 6 nitrogen and oxygen atoms in total. The summed E-state index contributed by atoms with van der Waals surface area (Å²) in [5.74, 6) is -0.129. The molecule has 0 heterocycles. The van der Waals surface area contributed by atoms with Crippen molar-refractivity contribution in [1.29, 1.82) is 10.7 Å². The number of rotatable bonds is 6. The van der Waals surface area contributed by atoms with E-state index < -0.39 is 0 Å². The van der Waals surface area contributed by atoms with Crippen molar-refractivity contribution in [2.24, 2.45) is 0 Å². The van der Waals surface area contributed by atoms with E-state index in [1.807, 2.05) is 24.3 Å². The van der Waals surface area contributed by atoms with E-state index in [0.29, 0.717) is 11.9 Å². The highest BCUT2D eigenvalue weighted by molar-refractivity contribution is 14.2. The number of fused-ring (bicyclic) bond motifs is 1. The minimum atomic E-state index is -0.129. The van der Waals surface area contributed by atoms with Crippen LogP contribution in [0.5, 0.6) is 0 Å². The topological polar surface area (TPSA) is 109 Å². The lowest BCUT2D eigenvalue weighted by Crippen LogP contribution is -2.25. The Hall–Kier alpha value is -2.27. The fourth-order valence-electron chi connectivity index (χ4n) is 3.20. The number of aliphatic hydroxyl groups excluding tert-OH is 1. The summed E-state index contributed by atoms with van der Waals surface area (Å²) in [6, 6.07) is 15.5. The number of aryl methyl sites for hydroxylation is 1. The third-order valence-corrected chi connectivity index (χ3v) is 5.66. The van der Waals surface area contributed by atoms with Crippen molar-refractivity contribution < 1.29 is 9.90 Å². The van der Waals surface area contributed by atoms with Crippen molar-refractivity contribution >= 4 is 51.8 Å². The van der Waals surface area contributed by atoms with E-state index in [4.69, 9.17) is 15.8 Å². The maximum absolute atomic E-state index is 12.3. The van der Waals surface area contributed by atoms with Crippen LogP contribution in [0.25, 0.3) is 6.08 Å². The molecule has 0 bridgehead atoms. The second kappa shape index (κ2) is 11.7. The Morgan fingerprint density at radius 3 is 2.83 bits per heavy atom. The van der Waals surface area contributed by atoms with Crippen LogP contribution in [0.15, 0.2) is 48.5 Å². The molecule has 3 rings (SSSR count). The van der Waals surface area contributed by atoms with Gasteiger partial charge in [-0.3, -0.25) is 10.2 Å². The number of benzene rings is 2. The van der Waals surface area contributed by atoms with E-state index in [1.165, 1.54) is 17.2 Å². The molecule has 4 N–H and O–H groups in total.